The Kier molecular flexibility index (Phi) is 5.02. The fourth-order valence-corrected chi connectivity index (χ4v) is 8.43. The molecule has 5 aliphatic rings. The predicted octanol–water partition coefficient (Wildman–Crippen LogP) is 7.16. The summed E-state index contributed by atoms with van der Waals surface area (Å²) in [5.74, 6) is 0.107. The zero-order valence-corrected chi connectivity index (χ0v) is 25.1. The van der Waals surface area contributed by atoms with Gasteiger partial charge < -0.3 is 18.9 Å². The zero-order valence-electron chi connectivity index (χ0n) is 25.1. The van der Waals surface area contributed by atoms with E-state index in [1.807, 2.05) is 76.2 Å². The van der Waals surface area contributed by atoms with E-state index < -0.39 is 11.2 Å². The molecule has 4 atom stereocenters. The first kappa shape index (κ1) is 25.9. The van der Waals surface area contributed by atoms with E-state index in [-0.39, 0.29) is 46.8 Å². The molecule has 0 fully saturated rings. The van der Waals surface area contributed by atoms with Gasteiger partial charge in [-0.3, -0.25) is 9.59 Å². The molecule has 4 aromatic carbocycles. The lowest BCUT2D eigenvalue weighted by atomic mass is 9.62. The standard InChI is InChI=1S/C38H32O6/c1-37(2)23-17-41-25-15-13-19-9-5-7-11-21(19)27(25)29(23)31-34(40)36-32(33(39)35(31)43-37)30-24(38(3,4)44-36)18-42-26-16-14-20-10-6-8-12-22(20)28(26)30/h5-16,23-24,29-30H,17-18H2,1-4H3/t23-,24-,29-,30-/m1/s1. The van der Waals surface area contributed by atoms with Gasteiger partial charge in [0.05, 0.1) is 24.4 Å². The van der Waals surface area contributed by atoms with Gasteiger partial charge in [0.15, 0.2) is 11.5 Å². The molecule has 4 aromatic rings. The Morgan fingerprint density at radius 3 is 1.41 bits per heavy atom. The predicted molar refractivity (Wildman–Crippen MR) is 166 cm³/mol. The third-order valence-electron chi connectivity index (χ3n) is 10.7. The van der Waals surface area contributed by atoms with Crippen LogP contribution in [-0.2, 0) is 19.1 Å². The van der Waals surface area contributed by atoms with Gasteiger partial charge in [0.2, 0.25) is 11.6 Å². The Morgan fingerprint density at radius 2 is 0.977 bits per heavy atom. The Morgan fingerprint density at radius 1 is 0.568 bits per heavy atom. The molecular weight excluding hydrogens is 552 g/mol. The minimum atomic E-state index is -0.763. The smallest absolute Gasteiger partial charge is 0.228 e. The molecule has 6 heteroatoms. The highest BCUT2D eigenvalue weighted by Gasteiger charge is 2.60. The Hall–Kier alpha value is -4.58. The summed E-state index contributed by atoms with van der Waals surface area (Å²) in [4.78, 5) is 29.9. The van der Waals surface area contributed by atoms with E-state index in [0.717, 1.165) is 44.2 Å². The summed E-state index contributed by atoms with van der Waals surface area (Å²) in [5.41, 5.74) is 1.12. The molecule has 0 amide bonds. The van der Waals surface area contributed by atoms with E-state index in [2.05, 4.69) is 24.3 Å². The van der Waals surface area contributed by atoms with Crippen LogP contribution in [0.15, 0.2) is 95.5 Å². The van der Waals surface area contributed by atoms with Crippen LogP contribution in [0.4, 0.5) is 0 Å². The number of ether oxygens (including phenoxy) is 4. The summed E-state index contributed by atoms with van der Waals surface area (Å²) in [7, 11) is 0. The van der Waals surface area contributed by atoms with Gasteiger partial charge >= 0.3 is 0 Å². The van der Waals surface area contributed by atoms with E-state index in [9.17, 15) is 9.59 Å². The van der Waals surface area contributed by atoms with Crippen LogP contribution in [0.1, 0.15) is 50.7 Å². The Balaban J connectivity index is 1.30. The average Bonchev–Trinajstić information content (AvgIpc) is 3.02. The number of ketones is 2. The van der Waals surface area contributed by atoms with Crippen molar-refractivity contribution in [3.63, 3.8) is 0 Å². The summed E-state index contributed by atoms with van der Waals surface area (Å²) in [6.07, 6.45) is 0. The molecule has 0 spiro atoms. The maximum absolute atomic E-state index is 14.9. The van der Waals surface area contributed by atoms with Gasteiger partial charge in [0, 0.05) is 34.8 Å². The molecule has 0 saturated heterocycles. The highest BCUT2D eigenvalue weighted by molar-refractivity contribution is 6.25. The fourth-order valence-electron chi connectivity index (χ4n) is 8.43. The van der Waals surface area contributed by atoms with Crippen molar-refractivity contribution in [1.29, 1.82) is 0 Å². The SMILES string of the molecule is CC1(C)OC2=C(C(=O)C3=C(C2=O)[C@H]2c4c(ccc5ccccc45)OC[C@H]2C(C)(C)O3)[C@H]2c3c(ccc4ccccc34)OC[C@H]21. The second-order valence-corrected chi connectivity index (χ2v) is 13.7. The van der Waals surface area contributed by atoms with Crippen LogP contribution in [0.25, 0.3) is 21.5 Å². The summed E-state index contributed by atoms with van der Waals surface area (Å²) in [5, 5.41) is 4.14. The molecular formula is C38H32O6. The quantitative estimate of drug-likeness (QED) is 0.204. The molecule has 0 saturated carbocycles. The van der Waals surface area contributed by atoms with Crippen LogP contribution >= 0.6 is 0 Å². The van der Waals surface area contributed by atoms with Crippen LogP contribution in [0.3, 0.4) is 0 Å². The molecule has 44 heavy (non-hydrogen) atoms. The van der Waals surface area contributed by atoms with Gasteiger partial charge in [-0.2, -0.15) is 0 Å². The summed E-state index contributed by atoms with van der Waals surface area (Å²) in [6.45, 7) is 8.74. The van der Waals surface area contributed by atoms with Crippen molar-refractivity contribution < 1.29 is 28.5 Å². The minimum Gasteiger partial charge on any atom is -0.493 e. The van der Waals surface area contributed by atoms with Crippen molar-refractivity contribution in [2.24, 2.45) is 11.8 Å². The van der Waals surface area contributed by atoms with Crippen LogP contribution in [0.2, 0.25) is 0 Å². The topological polar surface area (TPSA) is 71.1 Å². The van der Waals surface area contributed by atoms with Crippen molar-refractivity contribution in [2.75, 3.05) is 13.2 Å². The summed E-state index contributed by atoms with van der Waals surface area (Å²) in [6, 6.07) is 24.3. The lowest BCUT2D eigenvalue weighted by molar-refractivity contribution is -0.139. The molecule has 9 rings (SSSR count). The maximum Gasteiger partial charge on any atom is 0.228 e. The molecule has 1 aliphatic carbocycles. The number of rotatable bonds is 0. The lowest BCUT2D eigenvalue weighted by Crippen LogP contribution is -2.54. The molecule has 4 aliphatic heterocycles. The molecule has 0 N–H and O–H groups in total. The molecule has 4 heterocycles. The first-order chi connectivity index (χ1) is 21.2. The summed E-state index contributed by atoms with van der Waals surface area (Å²) < 4.78 is 25.9. The number of Topliss-reactive ketones (excluding diaryl/α,β-unsaturated/α-hetero) is 2. The number of carbonyl (C=O) groups is 2. The monoisotopic (exact) mass is 584 g/mol. The minimum absolute atomic E-state index is 0.149. The van der Waals surface area contributed by atoms with Gasteiger partial charge in [-0.05, 0) is 61.4 Å². The third kappa shape index (κ3) is 3.26. The Bertz CT molecular complexity index is 1900. The Labute approximate surface area is 255 Å². The largest absolute Gasteiger partial charge is 0.493 e. The van der Waals surface area contributed by atoms with Gasteiger partial charge in [-0.15, -0.1) is 0 Å². The number of carbonyl (C=O) groups excluding carboxylic acids is 2. The number of allylic oxidation sites excluding steroid dienone is 2. The van der Waals surface area contributed by atoms with Crippen LogP contribution in [0, 0.1) is 11.8 Å². The first-order valence-corrected chi connectivity index (χ1v) is 15.4. The molecule has 220 valence electrons. The molecule has 0 bridgehead atoms. The van der Waals surface area contributed by atoms with Crippen LogP contribution < -0.4 is 9.47 Å². The van der Waals surface area contributed by atoms with Crippen LogP contribution in [0.5, 0.6) is 11.5 Å². The number of fused-ring (bicyclic) bond motifs is 12. The van der Waals surface area contributed by atoms with Crippen molar-refractivity contribution in [1.82, 2.24) is 0 Å². The van der Waals surface area contributed by atoms with E-state index >= 15 is 0 Å². The highest BCUT2D eigenvalue weighted by atomic mass is 16.5. The van der Waals surface area contributed by atoms with Gasteiger partial charge in [0.1, 0.15) is 22.7 Å². The van der Waals surface area contributed by atoms with Crippen molar-refractivity contribution >= 4 is 33.1 Å². The highest BCUT2D eigenvalue weighted by Crippen LogP contribution is 2.60. The van der Waals surface area contributed by atoms with Gasteiger partial charge in [0.25, 0.3) is 0 Å². The lowest BCUT2D eigenvalue weighted by Gasteiger charge is -2.52. The van der Waals surface area contributed by atoms with E-state index in [0.29, 0.717) is 24.4 Å². The number of benzene rings is 4. The van der Waals surface area contributed by atoms with E-state index in [1.165, 1.54) is 0 Å². The van der Waals surface area contributed by atoms with Gasteiger partial charge in [-0.25, -0.2) is 0 Å². The normalized spacial score (nSPS) is 27.5. The third-order valence-corrected chi connectivity index (χ3v) is 10.7. The second-order valence-electron chi connectivity index (χ2n) is 13.7. The molecule has 0 unspecified atom stereocenters. The van der Waals surface area contributed by atoms with Crippen LogP contribution in [-0.4, -0.2) is 36.0 Å². The first-order valence-electron chi connectivity index (χ1n) is 15.4. The van der Waals surface area contributed by atoms with Crippen molar-refractivity contribution in [2.45, 2.75) is 50.7 Å². The maximum atomic E-state index is 14.9. The molecule has 0 aromatic heterocycles. The second kappa shape index (κ2) is 8.53. The summed E-state index contributed by atoms with van der Waals surface area (Å²) >= 11 is 0. The van der Waals surface area contributed by atoms with Crippen molar-refractivity contribution in [3.8, 4) is 11.5 Å². The average molecular weight is 585 g/mol. The zero-order chi connectivity index (χ0) is 30.1. The molecule has 6 nitrogen and oxygen atoms in total. The van der Waals surface area contributed by atoms with E-state index in [1.54, 1.807) is 0 Å². The number of hydrogen-bond acceptors (Lipinski definition) is 6. The molecule has 0 radical (unpaired) electrons. The fraction of sp³-hybridized carbons (Fsp3) is 0.316. The van der Waals surface area contributed by atoms with E-state index in [4.69, 9.17) is 18.9 Å². The number of hydrogen-bond donors (Lipinski definition) is 0. The van der Waals surface area contributed by atoms with Gasteiger partial charge in [-0.1, -0.05) is 60.7 Å². The van der Waals surface area contributed by atoms with Crippen molar-refractivity contribution in [3.05, 3.63) is 107 Å².